The molecule has 0 unspecified atom stereocenters. The van der Waals surface area contributed by atoms with Gasteiger partial charge in [0.15, 0.2) is 17.2 Å². The molecule has 7 heteroatoms. The third-order valence-electron chi connectivity index (χ3n) is 3.90. The Morgan fingerprint density at radius 3 is 2.39 bits per heavy atom. The molecule has 1 aromatic carbocycles. The molecule has 0 saturated carbocycles. The fraction of sp³-hybridized carbons (Fsp3) is 0.250. The number of hydrogen-bond donors (Lipinski definition) is 1. The number of nitrogens with zero attached hydrogens (tertiary/aromatic N) is 4. The van der Waals surface area contributed by atoms with Crippen molar-refractivity contribution in [2.45, 2.75) is 19.8 Å². The Balaban J connectivity index is 2.07. The van der Waals surface area contributed by atoms with E-state index in [4.69, 9.17) is 0 Å². The van der Waals surface area contributed by atoms with Gasteiger partial charge in [0, 0.05) is 19.9 Å². The number of ketones is 1. The van der Waals surface area contributed by atoms with Gasteiger partial charge in [0.05, 0.1) is 11.4 Å². The molecular formula is C16H16N4O3. The van der Waals surface area contributed by atoms with Crippen LogP contribution in [0, 0.1) is 6.92 Å². The van der Waals surface area contributed by atoms with Crippen LogP contribution in [0.15, 0.2) is 56.8 Å². The van der Waals surface area contributed by atoms with Gasteiger partial charge in [-0.1, -0.05) is 18.2 Å². The van der Waals surface area contributed by atoms with Gasteiger partial charge in [-0.25, -0.2) is 4.68 Å². The van der Waals surface area contributed by atoms with E-state index in [0.29, 0.717) is 11.4 Å². The van der Waals surface area contributed by atoms with Crippen molar-refractivity contribution >= 4 is 11.5 Å². The molecule has 0 atom stereocenters. The van der Waals surface area contributed by atoms with Gasteiger partial charge in [-0.05, 0) is 19.1 Å². The summed E-state index contributed by atoms with van der Waals surface area (Å²) in [4.78, 5) is 24.2. The fourth-order valence-electron chi connectivity index (χ4n) is 2.51. The van der Waals surface area contributed by atoms with Crippen LogP contribution in [0.2, 0.25) is 0 Å². The monoisotopic (exact) mass is 312 g/mol. The van der Waals surface area contributed by atoms with E-state index in [1.165, 1.54) is 4.68 Å². The number of aliphatic hydroxyl groups excluding tert-OH is 1. The highest BCUT2D eigenvalue weighted by Gasteiger charge is 2.23. The van der Waals surface area contributed by atoms with E-state index in [1.807, 2.05) is 30.3 Å². The van der Waals surface area contributed by atoms with Crippen LogP contribution in [0.1, 0.15) is 18.5 Å². The van der Waals surface area contributed by atoms with E-state index < -0.39 is 0 Å². The summed E-state index contributed by atoms with van der Waals surface area (Å²) in [5.41, 5.74) is 1.09. The number of aromatic nitrogens is 2. The standard InChI is InChI=1S/C16H16N4O3/c1-10-14(17-18-15-12(21)8-9-13(15)22)16(23)20(19(10)2)11-6-4-3-5-7-11/h3-7,21H,8-9H2,1-2H3. The van der Waals surface area contributed by atoms with Crippen molar-refractivity contribution in [1.29, 1.82) is 0 Å². The van der Waals surface area contributed by atoms with Gasteiger partial charge >= 0.3 is 0 Å². The van der Waals surface area contributed by atoms with Crippen LogP contribution in [-0.4, -0.2) is 20.3 Å². The number of para-hydroxylation sites is 1. The Morgan fingerprint density at radius 1 is 1.09 bits per heavy atom. The average Bonchev–Trinajstić information content (AvgIpc) is 2.97. The van der Waals surface area contributed by atoms with Crippen LogP contribution in [-0.2, 0) is 11.8 Å². The second kappa shape index (κ2) is 5.68. The first kappa shape index (κ1) is 15.0. The fourth-order valence-corrected chi connectivity index (χ4v) is 2.51. The third-order valence-corrected chi connectivity index (χ3v) is 3.90. The zero-order chi connectivity index (χ0) is 16.6. The van der Waals surface area contributed by atoms with E-state index in [0.717, 1.165) is 0 Å². The maximum atomic E-state index is 12.6. The van der Waals surface area contributed by atoms with Crippen molar-refractivity contribution in [1.82, 2.24) is 9.36 Å². The lowest BCUT2D eigenvalue weighted by Crippen LogP contribution is -2.19. The first-order valence-corrected chi connectivity index (χ1v) is 7.21. The maximum absolute atomic E-state index is 12.6. The smallest absolute Gasteiger partial charge is 0.299 e. The Bertz CT molecular complexity index is 888. The molecule has 1 aliphatic carbocycles. The predicted octanol–water partition coefficient (Wildman–Crippen LogP) is 2.70. The Hall–Kier alpha value is -2.96. The van der Waals surface area contributed by atoms with Gasteiger partial charge in [-0.2, -0.15) is 0 Å². The summed E-state index contributed by atoms with van der Waals surface area (Å²) in [5.74, 6) is -0.334. The molecule has 2 aromatic rings. The lowest BCUT2D eigenvalue weighted by Gasteiger charge is -2.07. The van der Waals surface area contributed by atoms with Crippen molar-refractivity contribution in [2.24, 2.45) is 17.3 Å². The number of carbonyl (C=O) groups excluding carboxylic acids is 1. The number of aliphatic hydroxyl groups is 1. The van der Waals surface area contributed by atoms with Crippen molar-refractivity contribution in [3.8, 4) is 5.69 Å². The lowest BCUT2D eigenvalue weighted by molar-refractivity contribution is -0.115. The summed E-state index contributed by atoms with van der Waals surface area (Å²) in [7, 11) is 1.75. The molecule has 1 aliphatic rings. The number of rotatable bonds is 3. The normalized spacial score (nSPS) is 15.1. The predicted molar refractivity (Wildman–Crippen MR) is 84.2 cm³/mol. The van der Waals surface area contributed by atoms with Crippen molar-refractivity contribution in [3.63, 3.8) is 0 Å². The van der Waals surface area contributed by atoms with Crippen LogP contribution in [0.4, 0.5) is 5.69 Å². The first-order chi connectivity index (χ1) is 11.0. The quantitative estimate of drug-likeness (QED) is 0.884. The van der Waals surface area contributed by atoms with Gasteiger partial charge in [0.1, 0.15) is 5.76 Å². The van der Waals surface area contributed by atoms with E-state index in [1.54, 1.807) is 18.7 Å². The topological polar surface area (TPSA) is 89.0 Å². The summed E-state index contributed by atoms with van der Waals surface area (Å²) >= 11 is 0. The zero-order valence-corrected chi connectivity index (χ0v) is 12.9. The second-order valence-electron chi connectivity index (χ2n) is 5.33. The van der Waals surface area contributed by atoms with Gasteiger partial charge in [0.25, 0.3) is 5.56 Å². The number of carbonyl (C=O) groups is 1. The number of allylic oxidation sites excluding steroid dienone is 2. The average molecular weight is 312 g/mol. The highest BCUT2D eigenvalue weighted by atomic mass is 16.3. The summed E-state index contributed by atoms with van der Waals surface area (Å²) in [6, 6.07) is 9.18. The van der Waals surface area contributed by atoms with Crippen LogP contribution in [0.25, 0.3) is 5.69 Å². The van der Waals surface area contributed by atoms with Gasteiger partial charge in [-0.3, -0.25) is 14.3 Å². The highest BCUT2D eigenvalue weighted by molar-refractivity contribution is 5.97. The Labute approximate surface area is 132 Å². The molecule has 0 bridgehead atoms. The molecule has 1 N–H and O–H groups in total. The SMILES string of the molecule is Cc1c(N=NC2=C(O)CCC2=O)c(=O)n(-c2ccccc2)n1C. The molecule has 1 aromatic heterocycles. The van der Waals surface area contributed by atoms with Crippen LogP contribution in [0.3, 0.4) is 0 Å². The Kier molecular flexibility index (Phi) is 3.69. The molecular weight excluding hydrogens is 296 g/mol. The molecule has 3 rings (SSSR count). The van der Waals surface area contributed by atoms with Gasteiger partial charge in [-0.15, -0.1) is 10.2 Å². The minimum Gasteiger partial charge on any atom is -0.510 e. The minimum atomic E-state index is -0.328. The van der Waals surface area contributed by atoms with Gasteiger partial charge < -0.3 is 5.11 Å². The van der Waals surface area contributed by atoms with Crippen LogP contribution in [0.5, 0.6) is 0 Å². The molecule has 0 amide bonds. The molecule has 23 heavy (non-hydrogen) atoms. The third kappa shape index (κ3) is 2.50. The number of azo groups is 1. The number of hydrogen-bond acceptors (Lipinski definition) is 5. The molecule has 0 aliphatic heterocycles. The summed E-state index contributed by atoms with van der Waals surface area (Å²) in [6.07, 6.45) is 0.497. The summed E-state index contributed by atoms with van der Waals surface area (Å²) < 4.78 is 3.16. The number of Topliss-reactive ketones (excluding diaryl/α,β-unsaturated/α-hetero) is 1. The van der Waals surface area contributed by atoms with E-state index in [9.17, 15) is 14.7 Å². The molecule has 1 heterocycles. The molecule has 118 valence electrons. The van der Waals surface area contributed by atoms with E-state index in [2.05, 4.69) is 10.2 Å². The van der Waals surface area contributed by atoms with E-state index in [-0.39, 0.29) is 41.3 Å². The molecule has 7 nitrogen and oxygen atoms in total. The lowest BCUT2D eigenvalue weighted by atomic mass is 10.3. The van der Waals surface area contributed by atoms with E-state index >= 15 is 0 Å². The molecule has 0 saturated heterocycles. The van der Waals surface area contributed by atoms with Gasteiger partial charge in [0.2, 0.25) is 0 Å². The van der Waals surface area contributed by atoms with Crippen molar-refractivity contribution in [2.75, 3.05) is 0 Å². The molecule has 0 spiro atoms. The second-order valence-corrected chi connectivity index (χ2v) is 5.33. The van der Waals surface area contributed by atoms with Crippen LogP contribution < -0.4 is 5.56 Å². The number of benzene rings is 1. The summed E-state index contributed by atoms with van der Waals surface area (Å²) in [5, 5.41) is 17.4. The highest BCUT2D eigenvalue weighted by Crippen LogP contribution is 2.24. The largest absolute Gasteiger partial charge is 0.510 e. The zero-order valence-electron chi connectivity index (χ0n) is 12.9. The molecule has 0 fully saturated rings. The molecule has 0 radical (unpaired) electrons. The minimum absolute atomic E-state index is 0.0566. The van der Waals surface area contributed by atoms with Crippen molar-refractivity contribution < 1.29 is 9.90 Å². The van der Waals surface area contributed by atoms with Crippen molar-refractivity contribution in [3.05, 3.63) is 57.8 Å². The van der Waals surface area contributed by atoms with Crippen LogP contribution >= 0.6 is 0 Å². The Morgan fingerprint density at radius 2 is 1.78 bits per heavy atom. The summed E-state index contributed by atoms with van der Waals surface area (Å²) in [6.45, 7) is 1.75. The maximum Gasteiger partial charge on any atom is 0.299 e. The first-order valence-electron chi connectivity index (χ1n) is 7.21.